The molecule has 0 aliphatic carbocycles. The summed E-state index contributed by atoms with van der Waals surface area (Å²) in [6.45, 7) is 18.5. The molecular formula is C36H52N7O3+. The van der Waals surface area contributed by atoms with Crippen molar-refractivity contribution in [1.82, 2.24) is 20.1 Å². The molecule has 3 aromatic rings. The lowest BCUT2D eigenvalue weighted by Gasteiger charge is -2.30. The number of rotatable bonds is 11. The SMILES string of the molecule is CCN(CC)C(=O)C(C)(C)Cc1[nH]nc(-c2cc(C)cc(C)c2)c1CCN=C(N)[N+]1(C(=O)OC(C)C)CCC(c2ccncc2)C1. The number of aryl methyl sites for hydroxylation is 2. The van der Waals surface area contributed by atoms with Gasteiger partial charge in [0.25, 0.3) is 0 Å². The average molecular weight is 631 g/mol. The summed E-state index contributed by atoms with van der Waals surface area (Å²) in [7, 11) is 0. The number of nitrogens with two attached hydrogens (primary N) is 1. The summed E-state index contributed by atoms with van der Waals surface area (Å²) in [5, 5.41) is 8.06. The van der Waals surface area contributed by atoms with Gasteiger partial charge in [-0.15, -0.1) is 0 Å². The van der Waals surface area contributed by atoms with E-state index in [-0.39, 0.29) is 34.5 Å². The second kappa shape index (κ2) is 14.6. The summed E-state index contributed by atoms with van der Waals surface area (Å²) < 4.78 is 5.61. The summed E-state index contributed by atoms with van der Waals surface area (Å²) >= 11 is 0. The highest BCUT2D eigenvalue weighted by Gasteiger charge is 2.51. The number of amides is 2. The number of guanidine groups is 1. The molecule has 2 amide bonds. The van der Waals surface area contributed by atoms with Crippen molar-refractivity contribution in [1.29, 1.82) is 0 Å². The molecule has 0 spiro atoms. The zero-order valence-corrected chi connectivity index (χ0v) is 28.9. The van der Waals surface area contributed by atoms with Crippen LogP contribution in [0.4, 0.5) is 4.79 Å². The number of nitrogens with zero attached hydrogens (tertiary/aromatic N) is 5. The lowest BCUT2D eigenvalue weighted by molar-refractivity contribution is -0.755. The quantitative estimate of drug-likeness (QED) is 0.154. The van der Waals surface area contributed by atoms with Crippen molar-refractivity contribution in [3.8, 4) is 11.3 Å². The molecule has 0 radical (unpaired) electrons. The van der Waals surface area contributed by atoms with E-state index in [4.69, 9.17) is 20.6 Å². The highest BCUT2D eigenvalue weighted by atomic mass is 16.6. The molecule has 10 nitrogen and oxygen atoms in total. The Balaban J connectivity index is 1.66. The van der Waals surface area contributed by atoms with E-state index in [0.29, 0.717) is 45.6 Å². The van der Waals surface area contributed by atoms with E-state index in [9.17, 15) is 9.59 Å². The molecule has 4 rings (SSSR count). The molecular weight excluding hydrogens is 578 g/mol. The van der Waals surface area contributed by atoms with Crippen LogP contribution in [0.1, 0.15) is 81.8 Å². The number of carbonyl (C=O) groups excluding carboxylic acids is 2. The Bertz CT molecular complexity index is 1520. The first kappa shape index (κ1) is 34.8. The molecule has 3 heterocycles. The summed E-state index contributed by atoms with van der Waals surface area (Å²) in [5.41, 5.74) is 13.3. The van der Waals surface area contributed by atoms with Crippen LogP contribution in [0.15, 0.2) is 47.7 Å². The topological polar surface area (TPSA) is 127 Å². The Labute approximate surface area is 274 Å². The van der Waals surface area contributed by atoms with Crippen molar-refractivity contribution in [2.45, 2.75) is 86.7 Å². The van der Waals surface area contributed by atoms with Gasteiger partial charge in [-0.25, -0.2) is 4.99 Å². The van der Waals surface area contributed by atoms with Crippen LogP contribution in [0.3, 0.4) is 0 Å². The van der Waals surface area contributed by atoms with Crippen LogP contribution < -0.4 is 5.73 Å². The van der Waals surface area contributed by atoms with Crippen LogP contribution in [-0.2, 0) is 22.4 Å². The Hall–Kier alpha value is -4.05. The van der Waals surface area contributed by atoms with Crippen molar-refractivity contribution in [3.05, 3.63) is 70.7 Å². The number of H-pyrrole nitrogens is 1. The van der Waals surface area contributed by atoms with E-state index in [2.05, 4.69) is 42.1 Å². The molecule has 1 saturated heterocycles. The number of aromatic nitrogens is 3. The number of nitrogens with one attached hydrogen (secondary N) is 1. The molecule has 10 heteroatoms. The first-order valence-electron chi connectivity index (χ1n) is 16.5. The van der Waals surface area contributed by atoms with E-state index in [1.165, 1.54) is 0 Å². The number of hydrogen-bond donors (Lipinski definition) is 2. The highest BCUT2D eigenvalue weighted by Crippen LogP contribution is 2.34. The number of ether oxygens (including phenoxy) is 1. The Kier molecular flexibility index (Phi) is 11.0. The molecule has 2 aromatic heterocycles. The third-order valence-corrected chi connectivity index (χ3v) is 9.03. The van der Waals surface area contributed by atoms with Crippen LogP contribution >= 0.6 is 0 Å². The molecule has 2 unspecified atom stereocenters. The molecule has 0 saturated carbocycles. The number of hydrogen-bond acceptors (Lipinski definition) is 6. The van der Waals surface area contributed by atoms with Gasteiger partial charge in [-0.05, 0) is 77.8 Å². The maximum absolute atomic E-state index is 13.6. The first-order valence-corrected chi connectivity index (χ1v) is 16.5. The van der Waals surface area contributed by atoms with Gasteiger partial charge in [0.1, 0.15) is 12.6 Å². The molecule has 1 aromatic carbocycles. The van der Waals surface area contributed by atoms with Crippen LogP contribution in [0, 0.1) is 19.3 Å². The minimum Gasteiger partial charge on any atom is -0.417 e. The number of pyridine rings is 1. The average Bonchev–Trinajstić information content (AvgIpc) is 3.63. The van der Waals surface area contributed by atoms with Gasteiger partial charge in [-0.1, -0.05) is 31.0 Å². The molecule has 3 N–H and O–H groups in total. The Morgan fingerprint density at radius 1 is 1.13 bits per heavy atom. The minimum absolute atomic E-state index is 0.112. The van der Waals surface area contributed by atoms with Crippen molar-refractivity contribution in [2.75, 3.05) is 32.7 Å². The van der Waals surface area contributed by atoms with Crippen LogP contribution in [0.2, 0.25) is 0 Å². The monoisotopic (exact) mass is 630 g/mol. The van der Waals surface area contributed by atoms with Crippen molar-refractivity contribution < 1.29 is 18.8 Å². The summed E-state index contributed by atoms with van der Waals surface area (Å²) in [5.74, 6) is 0.511. The number of aliphatic imine (C=N–C) groups is 1. The van der Waals surface area contributed by atoms with Gasteiger partial charge in [0.05, 0.1) is 18.8 Å². The van der Waals surface area contributed by atoms with Gasteiger partial charge >= 0.3 is 12.1 Å². The van der Waals surface area contributed by atoms with E-state index in [1.807, 2.05) is 58.6 Å². The molecule has 248 valence electrons. The van der Waals surface area contributed by atoms with Crippen LogP contribution in [-0.4, -0.2) is 81.4 Å². The van der Waals surface area contributed by atoms with E-state index >= 15 is 0 Å². The minimum atomic E-state index is -0.636. The number of carbonyl (C=O) groups is 2. The number of aromatic amines is 1. The lowest BCUT2D eigenvalue weighted by Crippen LogP contribution is -2.59. The molecule has 0 bridgehead atoms. The smallest absolute Gasteiger partial charge is 0.417 e. The number of benzene rings is 1. The molecule has 1 aliphatic rings. The largest absolute Gasteiger partial charge is 0.524 e. The number of likely N-dealkylation sites (tertiary alicyclic amines) is 1. The second-order valence-electron chi connectivity index (χ2n) is 13.5. The lowest BCUT2D eigenvalue weighted by atomic mass is 9.84. The van der Waals surface area contributed by atoms with Crippen LogP contribution in [0.25, 0.3) is 11.3 Å². The normalized spacial score (nSPS) is 18.6. The van der Waals surface area contributed by atoms with Gasteiger partial charge in [0.2, 0.25) is 5.91 Å². The van der Waals surface area contributed by atoms with Crippen molar-refractivity contribution in [2.24, 2.45) is 16.1 Å². The third-order valence-electron chi connectivity index (χ3n) is 9.03. The maximum Gasteiger partial charge on any atom is 0.524 e. The van der Waals surface area contributed by atoms with Crippen LogP contribution in [0.5, 0.6) is 0 Å². The van der Waals surface area contributed by atoms with Crippen molar-refractivity contribution >= 4 is 18.0 Å². The zero-order chi connectivity index (χ0) is 33.6. The Morgan fingerprint density at radius 2 is 1.78 bits per heavy atom. The summed E-state index contributed by atoms with van der Waals surface area (Å²) in [4.78, 5) is 37.9. The van der Waals surface area contributed by atoms with Crippen molar-refractivity contribution in [3.63, 3.8) is 0 Å². The predicted molar refractivity (Wildman–Crippen MR) is 182 cm³/mol. The van der Waals surface area contributed by atoms with Gasteiger partial charge in [-0.3, -0.25) is 14.9 Å². The summed E-state index contributed by atoms with van der Waals surface area (Å²) in [6, 6.07) is 10.4. The van der Waals surface area contributed by atoms with Gasteiger partial charge in [-0.2, -0.15) is 14.4 Å². The van der Waals surface area contributed by atoms with Gasteiger partial charge in [0.15, 0.2) is 0 Å². The van der Waals surface area contributed by atoms with E-state index in [1.54, 1.807) is 12.4 Å². The second-order valence-corrected chi connectivity index (χ2v) is 13.5. The van der Waals surface area contributed by atoms with Gasteiger partial charge < -0.3 is 15.4 Å². The maximum atomic E-state index is 13.6. The molecule has 46 heavy (non-hydrogen) atoms. The third kappa shape index (κ3) is 7.66. The molecule has 2 atom stereocenters. The Morgan fingerprint density at radius 3 is 2.39 bits per heavy atom. The predicted octanol–water partition coefficient (Wildman–Crippen LogP) is 5.93. The summed E-state index contributed by atoms with van der Waals surface area (Å²) in [6.07, 6.45) is 4.74. The number of quaternary nitrogens is 1. The fraction of sp³-hybridized carbons (Fsp3) is 0.528. The fourth-order valence-electron chi connectivity index (χ4n) is 6.65. The van der Waals surface area contributed by atoms with Gasteiger partial charge in [0, 0.05) is 66.5 Å². The fourth-order valence-corrected chi connectivity index (χ4v) is 6.65. The highest BCUT2D eigenvalue weighted by molar-refractivity contribution is 5.83. The first-order chi connectivity index (χ1) is 21.8. The zero-order valence-electron chi connectivity index (χ0n) is 28.9. The standard InChI is InChI=1S/C36H52N7O3/c1-9-42(10-2)33(44)36(7,8)22-31-30(32(41-40-31)29-20-25(5)19-26(6)21-29)13-17-39-34(37)43(35(45)46-24(3)4)18-14-28(23-43)27-11-15-38-16-12-27/h11-12,15-16,19-21,24,28H,9-10,13-14,17-18,22-23H2,1-8H3,(H2,37,39)(H,40,41)/q+1. The van der Waals surface area contributed by atoms with E-state index in [0.717, 1.165) is 45.6 Å². The molecule has 1 fully saturated rings. The van der Waals surface area contributed by atoms with E-state index < -0.39 is 5.41 Å². The molecule has 1 aliphatic heterocycles.